The van der Waals surface area contributed by atoms with Crippen molar-refractivity contribution in [2.75, 3.05) is 13.2 Å². The molecule has 5 nitrogen and oxygen atoms in total. The van der Waals surface area contributed by atoms with Crippen LogP contribution < -0.4 is 0 Å². The van der Waals surface area contributed by atoms with Gasteiger partial charge >= 0.3 is 11.9 Å². The summed E-state index contributed by atoms with van der Waals surface area (Å²) in [4.78, 5) is 25.0. The SMILES string of the molecule is CCOC(=O)Cn1c(C(=O)OCC)c2ccc(Cl)cc2c1-c1ccccc1. The number of halogens is 1. The standard InChI is InChI=1S/C21H20ClNO4/c1-3-26-18(24)13-23-19(14-8-6-5-7-9-14)17-12-15(22)10-11-16(17)20(23)21(25)27-4-2/h5-12H,3-4,13H2,1-2H3. The predicted molar refractivity (Wildman–Crippen MR) is 105 cm³/mol. The molecule has 140 valence electrons. The minimum absolute atomic E-state index is 0.0987. The molecule has 0 saturated carbocycles. The molecule has 0 atom stereocenters. The molecule has 0 N–H and O–H groups in total. The summed E-state index contributed by atoms with van der Waals surface area (Å²) >= 11 is 6.22. The molecular formula is C21H20ClNO4. The summed E-state index contributed by atoms with van der Waals surface area (Å²) in [5.41, 5.74) is 1.91. The van der Waals surface area contributed by atoms with Crippen molar-refractivity contribution in [3.05, 3.63) is 59.2 Å². The predicted octanol–water partition coefficient (Wildman–Crippen LogP) is 4.70. The van der Waals surface area contributed by atoms with E-state index in [9.17, 15) is 9.59 Å². The highest BCUT2D eigenvalue weighted by atomic mass is 35.5. The van der Waals surface area contributed by atoms with Gasteiger partial charge in [-0.15, -0.1) is 0 Å². The average Bonchev–Trinajstić information content (AvgIpc) is 2.95. The number of fused-ring (bicyclic) bond motifs is 1. The van der Waals surface area contributed by atoms with Gasteiger partial charge in [0.05, 0.1) is 18.9 Å². The van der Waals surface area contributed by atoms with E-state index in [0.29, 0.717) is 16.1 Å². The highest BCUT2D eigenvalue weighted by molar-refractivity contribution is 6.31. The quantitative estimate of drug-likeness (QED) is 0.577. The van der Waals surface area contributed by atoms with Crippen LogP contribution in [-0.4, -0.2) is 29.7 Å². The van der Waals surface area contributed by atoms with Crippen molar-refractivity contribution < 1.29 is 19.1 Å². The fourth-order valence-electron chi connectivity index (χ4n) is 3.14. The maximum absolute atomic E-state index is 12.7. The number of esters is 2. The molecule has 0 fully saturated rings. The molecule has 0 radical (unpaired) electrons. The van der Waals surface area contributed by atoms with Crippen LogP contribution in [0.5, 0.6) is 0 Å². The van der Waals surface area contributed by atoms with Crippen molar-refractivity contribution in [1.29, 1.82) is 0 Å². The largest absolute Gasteiger partial charge is 0.465 e. The molecule has 6 heteroatoms. The van der Waals surface area contributed by atoms with Gasteiger partial charge in [-0.25, -0.2) is 4.79 Å². The van der Waals surface area contributed by atoms with Crippen LogP contribution in [0.4, 0.5) is 0 Å². The van der Waals surface area contributed by atoms with Crippen molar-refractivity contribution in [1.82, 2.24) is 4.57 Å². The minimum Gasteiger partial charge on any atom is -0.465 e. The van der Waals surface area contributed by atoms with Crippen LogP contribution in [-0.2, 0) is 20.8 Å². The van der Waals surface area contributed by atoms with Gasteiger partial charge in [0.2, 0.25) is 0 Å². The number of aromatic nitrogens is 1. The zero-order valence-electron chi connectivity index (χ0n) is 15.2. The Morgan fingerprint density at radius 2 is 1.67 bits per heavy atom. The van der Waals surface area contributed by atoms with Crippen LogP contribution in [0.15, 0.2) is 48.5 Å². The Balaban J connectivity index is 2.33. The second kappa shape index (κ2) is 8.27. The molecule has 2 aromatic carbocycles. The van der Waals surface area contributed by atoms with Crippen LogP contribution in [0.3, 0.4) is 0 Å². The fourth-order valence-corrected chi connectivity index (χ4v) is 3.31. The third-order valence-electron chi connectivity index (χ3n) is 4.14. The Kier molecular flexibility index (Phi) is 5.81. The Bertz CT molecular complexity index is 979. The van der Waals surface area contributed by atoms with Crippen molar-refractivity contribution in [3.8, 4) is 11.3 Å². The van der Waals surface area contributed by atoms with Crippen LogP contribution in [0.2, 0.25) is 5.02 Å². The summed E-state index contributed by atoms with van der Waals surface area (Å²) < 4.78 is 12.0. The Morgan fingerprint density at radius 1 is 0.963 bits per heavy atom. The van der Waals surface area contributed by atoms with E-state index in [2.05, 4.69) is 0 Å². The van der Waals surface area contributed by atoms with E-state index in [4.69, 9.17) is 21.1 Å². The maximum atomic E-state index is 12.7. The van der Waals surface area contributed by atoms with Crippen LogP contribution >= 0.6 is 11.6 Å². The van der Waals surface area contributed by atoms with E-state index in [-0.39, 0.29) is 19.8 Å². The smallest absolute Gasteiger partial charge is 0.355 e. The summed E-state index contributed by atoms with van der Waals surface area (Å²) in [6, 6.07) is 14.8. The van der Waals surface area contributed by atoms with Crippen molar-refractivity contribution in [3.63, 3.8) is 0 Å². The topological polar surface area (TPSA) is 57.5 Å². The number of hydrogen-bond donors (Lipinski definition) is 0. The molecular weight excluding hydrogens is 366 g/mol. The van der Waals surface area contributed by atoms with E-state index < -0.39 is 11.9 Å². The van der Waals surface area contributed by atoms with Gasteiger partial charge in [-0.2, -0.15) is 0 Å². The first-order valence-corrected chi connectivity index (χ1v) is 9.14. The highest BCUT2D eigenvalue weighted by Crippen LogP contribution is 2.36. The molecule has 0 saturated heterocycles. The summed E-state index contributed by atoms with van der Waals surface area (Å²) in [6.07, 6.45) is 0. The first-order valence-electron chi connectivity index (χ1n) is 8.76. The number of nitrogens with zero attached hydrogens (tertiary/aromatic N) is 1. The minimum atomic E-state index is -0.490. The van der Waals surface area contributed by atoms with Crippen LogP contribution in [0.25, 0.3) is 22.0 Å². The van der Waals surface area contributed by atoms with Gasteiger partial charge in [0.15, 0.2) is 0 Å². The monoisotopic (exact) mass is 385 g/mol. The lowest BCUT2D eigenvalue weighted by Crippen LogP contribution is -2.19. The van der Waals surface area contributed by atoms with Gasteiger partial charge in [-0.05, 0) is 31.5 Å². The van der Waals surface area contributed by atoms with E-state index in [1.165, 1.54) is 0 Å². The molecule has 0 bridgehead atoms. The summed E-state index contributed by atoms with van der Waals surface area (Å²) in [7, 11) is 0. The van der Waals surface area contributed by atoms with Gasteiger partial charge in [0, 0.05) is 15.8 Å². The molecule has 3 aromatic rings. The molecule has 3 rings (SSSR count). The lowest BCUT2D eigenvalue weighted by atomic mass is 10.1. The van der Waals surface area contributed by atoms with Crippen molar-refractivity contribution in [2.45, 2.75) is 20.4 Å². The van der Waals surface area contributed by atoms with Crippen molar-refractivity contribution >= 4 is 34.3 Å². The Morgan fingerprint density at radius 3 is 2.33 bits per heavy atom. The number of rotatable bonds is 6. The molecule has 1 heterocycles. The van der Waals surface area contributed by atoms with Gasteiger partial charge in [0.25, 0.3) is 0 Å². The normalized spacial score (nSPS) is 10.8. The van der Waals surface area contributed by atoms with E-state index in [1.807, 2.05) is 30.3 Å². The van der Waals surface area contributed by atoms with E-state index in [0.717, 1.165) is 16.6 Å². The zero-order chi connectivity index (χ0) is 19.4. The molecule has 27 heavy (non-hydrogen) atoms. The molecule has 0 aliphatic heterocycles. The van der Waals surface area contributed by atoms with Gasteiger partial charge in [-0.1, -0.05) is 48.0 Å². The first-order chi connectivity index (χ1) is 13.1. The molecule has 0 spiro atoms. The van der Waals surface area contributed by atoms with Crippen LogP contribution in [0.1, 0.15) is 24.3 Å². The number of hydrogen-bond acceptors (Lipinski definition) is 4. The second-order valence-electron chi connectivity index (χ2n) is 5.86. The van der Waals surface area contributed by atoms with E-state index >= 15 is 0 Å². The van der Waals surface area contributed by atoms with E-state index in [1.54, 1.807) is 36.6 Å². The number of benzene rings is 2. The average molecular weight is 386 g/mol. The summed E-state index contributed by atoms with van der Waals surface area (Å²) in [5.74, 6) is -0.914. The summed E-state index contributed by atoms with van der Waals surface area (Å²) in [6.45, 7) is 3.89. The first kappa shape index (κ1) is 19.0. The number of carbonyl (C=O) groups is 2. The molecule has 0 amide bonds. The maximum Gasteiger partial charge on any atom is 0.355 e. The lowest BCUT2D eigenvalue weighted by Gasteiger charge is -2.13. The Hall–Kier alpha value is -2.79. The third kappa shape index (κ3) is 3.83. The van der Waals surface area contributed by atoms with Crippen LogP contribution in [0, 0.1) is 0 Å². The molecule has 0 aliphatic rings. The fraction of sp³-hybridized carbons (Fsp3) is 0.238. The van der Waals surface area contributed by atoms with Gasteiger partial charge in [0.1, 0.15) is 12.2 Å². The van der Waals surface area contributed by atoms with Crippen molar-refractivity contribution in [2.24, 2.45) is 0 Å². The molecule has 0 unspecified atom stereocenters. The number of carbonyl (C=O) groups excluding carboxylic acids is 2. The molecule has 0 aliphatic carbocycles. The summed E-state index contributed by atoms with van der Waals surface area (Å²) in [5, 5.41) is 2.01. The third-order valence-corrected chi connectivity index (χ3v) is 4.38. The Labute approximate surface area is 162 Å². The second-order valence-corrected chi connectivity index (χ2v) is 6.30. The highest BCUT2D eigenvalue weighted by Gasteiger charge is 2.25. The van der Waals surface area contributed by atoms with Gasteiger partial charge in [-0.3, -0.25) is 4.79 Å². The number of ether oxygens (including phenoxy) is 2. The zero-order valence-corrected chi connectivity index (χ0v) is 16.0. The van der Waals surface area contributed by atoms with Gasteiger partial charge < -0.3 is 14.0 Å². The molecule has 1 aromatic heterocycles. The lowest BCUT2D eigenvalue weighted by molar-refractivity contribution is -0.143.